The number of rotatable bonds is 7. The largest absolute Gasteiger partial charge is 0.290 e. The number of nitrogens with two attached hydrogens (primary N) is 4. The average molecular weight is 338 g/mol. The van der Waals surface area contributed by atoms with E-state index in [4.69, 9.17) is 45.6 Å². The summed E-state index contributed by atoms with van der Waals surface area (Å²) in [5.41, 5.74) is 23.3. The molecule has 0 spiro atoms. The van der Waals surface area contributed by atoms with Gasteiger partial charge in [0.15, 0.2) is 0 Å². The van der Waals surface area contributed by atoms with Crippen LogP contribution in [-0.4, -0.2) is 9.98 Å². The van der Waals surface area contributed by atoms with Gasteiger partial charge >= 0.3 is 0 Å². The van der Waals surface area contributed by atoms with Gasteiger partial charge in [0.1, 0.15) is 4.23 Å². The molecule has 0 fully saturated rings. The van der Waals surface area contributed by atoms with Gasteiger partial charge in [-0.3, -0.25) is 22.0 Å². The fourth-order valence-electron chi connectivity index (χ4n) is 1.24. The molecule has 0 heterocycles. The number of thiol groups is 2. The number of hydrogen-bond donors (Lipinski definition) is 6. The second-order valence-electron chi connectivity index (χ2n) is 3.73. The Kier molecular flexibility index (Phi) is 7.64. The Morgan fingerprint density at radius 2 is 1.38 bits per heavy atom. The average Bonchev–Trinajstić information content (AvgIpc) is 2.08. The lowest BCUT2D eigenvalue weighted by molar-refractivity contribution is 0.684. The van der Waals surface area contributed by atoms with Gasteiger partial charge < -0.3 is 0 Å². The highest BCUT2D eigenvalue weighted by Crippen LogP contribution is 2.67. The Bertz CT molecular complexity index is 290. The maximum Gasteiger partial charge on any atom is 0.119 e. The van der Waals surface area contributed by atoms with Crippen LogP contribution in [0.2, 0.25) is 0 Å². The Hall–Kier alpha value is 1.84. The van der Waals surface area contributed by atoms with Crippen molar-refractivity contribution < 1.29 is 0 Å². The van der Waals surface area contributed by atoms with Gasteiger partial charge in [-0.2, -0.15) is 25.3 Å². The van der Waals surface area contributed by atoms with Crippen LogP contribution in [-0.2, 0) is 23.6 Å². The lowest BCUT2D eigenvalue weighted by Gasteiger charge is -2.39. The van der Waals surface area contributed by atoms with E-state index in [1.54, 1.807) is 0 Å². The monoisotopic (exact) mass is 338 g/mol. The van der Waals surface area contributed by atoms with Crippen molar-refractivity contribution in [3.05, 3.63) is 0 Å². The Morgan fingerprint density at radius 3 is 1.69 bits per heavy atom. The molecule has 10 heteroatoms. The van der Waals surface area contributed by atoms with E-state index in [1.807, 2.05) is 0 Å². The first-order valence-electron chi connectivity index (χ1n) is 4.74. The molecule has 8 N–H and O–H groups in total. The van der Waals surface area contributed by atoms with E-state index in [9.17, 15) is 0 Å². The van der Waals surface area contributed by atoms with Crippen molar-refractivity contribution in [2.45, 2.75) is 29.9 Å². The Balaban J connectivity index is 4.73. The van der Waals surface area contributed by atoms with Crippen molar-refractivity contribution in [2.75, 3.05) is 5.75 Å². The molecule has 0 atom stereocenters. The standard InChI is InChI=1S/C6H20N4P2S4/c7-11(8,15)6(14,12(9,10)16)4-2-1-3-5-13/h13-14H,1-5H2,(H4,7,8,15)(H4,9,10,16). The van der Waals surface area contributed by atoms with Crippen LogP contribution < -0.4 is 22.0 Å². The summed E-state index contributed by atoms with van der Waals surface area (Å²) in [6, 6.07) is 0. The van der Waals surface area contributed by atoms with Gasteiger partial charge in [0.25, 0.3) is 0 Å². The summed E-state index contributed by atoms with van der Waals surface area (Å²) in [7, 11) is 0. The summed E-state index contributed by atoms with van der Waals surface area (Å²) in [5, 5.41) is 0. The van der Waals surface area contributed by atoms with E-state index < -0.39 is 16.9 Å². The molecule has 0 aliphatic heterocycles. The molecule has 0 saturated carbocycles. The zero-order valence-corrected chi connectivity index (χ0v) is 14.2. The molecule has 0 aromatic heterocycles. The lowest BCUT2D eigenvalue weighted by Crippen LogP contribution is -2.36. The number of hydrogen-bond acceptors (Lipinski definition) is 4. The fourth-order valence-corrected chi connectivity index (χ4v) is 8.04. The third-order valence-corrected chi connectivity index (χ3v) is 13.0. The molecule has 0 aliphatic carbocycles. The highest BCUT2D eigenvalue weighted by atomic mass is 32.5. The lowest BCUT2D eigenvalue weighted by atomic mass is 10.2. The molecule has 0 amide bonds. The van der Waals surface area contributed by atoms with E-state index in [1.165, 1.54) is 0 Å². The summed E-state index contributed by atoms with van der Waals surface area (Å²) in [6.45, 7) is 0. The summed E-state index contributed by atoms with van der Waals surface area (Å²) < 4.78 is -0.943. The van der Waals surface area contributed by atoms with Crippen LogP contribution in [0.3, 0.4) is 0 Å². The molecule has 0 rings (SSSR count). The molecular formula is C6H20N4P2S4. The first kappa shape index (κ1) is 17.8. The van der Waals surface area contributed by atoms with E-state index in [-0.39, 0.29) is 0 Å². The number of unbranched alkanes of at least 4 members (excludes halogenated alkanes) is 2. The molecular weight excluding hydrogens is 318 g/mol. The molecule has 0 unspecified atom stereocenters. The zero-order valence-electron chi connectivity index (χ0n) is 8.95. The highest BCUT2D eigenvalue weighted by Gasteiger charge is 2.44. The molecule has 0 saturated heterocycles. The van der Waals surface area contributed by atoms with Crippen molar-refractivity contribution in [1.82, 2.24) is 0 Å². The van der Waals surface area contributed by atoms with Gasteiger partial charge in [0.05, 0.1) is 12.7 Å². The second-order valence-corrected chi connectivity index (χ2v) is 14.0. The topological polar surface area (TPSA) is 104 Å². The van der Waals surface area contributed by atoms with Crippen LogP contribution >= 0.6 is 37.9 Å². The Labute approximate surface area is 119 Å². The van der Waals surface area contributed by atoms with Crippen molar-refractivity contribution >= 4 is 61.5 Å². The minimum absolute atomic E-state index is 0.582. The molecule has 98 valence electrons. The van der Waals surface area contributed by atoms with Gasteiger partial charge in [-0.05, 0) is 18.6 Å². The molecule has 0 aromatic carbocycles. The van der Waals surface area contributed by atoms with Gasteiger partial charge in [0.2, 0.25) is 0 Å². The summed E-state index contributed by atoms with van der Waals surface area (Å²) in [5.74, 6) is 0.846. The molecule has 16 heavy (non-hydrogen) atoms. The van der Waals surface area contributed by atoms with Crippen LogP contribution in [0.15, 0.2) is 0 Å². The van der Waals surface area contributed by atoms with E-state index >= 15 is 0 Å². The van der Waals surface area contributed by atoms with Crippen molar-refractivity contribution in [3.8, 4) is 0 Å². The third kappa shape index (κ3) is 4.84. The summed E-state index contributed by atoms with van der Waals surface area (Å²) in [4.78, 5) is 0. The van der Waals surface area contributed by atoms with Crippen LogP contribution in [0.1, 0.15) is 25.7 Å². The minimum atomic E-state index is -2.68. The predicted molar refractivity (Wildman–Crippen MR) is 89.4 cm³/mol. The van der Waals surface area contributed by atoms with E-state index in [0.717, 1.165) is 25.0 Å². The zero-order chi connectivity index (χ0) is 13.0. The van der Waals surface area contributed by atoms with E-state index in [0.29, 0.717) is 6.42 Å². The van der Waals surface area contributed by atoms with Gasteiger partial charge in [-0.1, -0.05) is 36.5 Å². The molecule has 0 radical (unpaired) electrons. The smallest absolute Gasteiger partial charge is 0.119 e. The Morgan fingerprint density at radius 1 is 0.938 bits per heavy atom. The van der Waals surface area contributed by atoms with Gasteiger partial charge in [0, 0.05) is 0 Å². The van der Waals surface area contributed by atoms with Gasteiger partial charge in [-0.15, -0.1) is 0 Å². The van der Waals surface area contributed by atoms with Crippen LogP contribution in [0.4, 0.5) is 0 Å². The first-order valence-corrected chi connectivity index (χ1v) is 11.7. The fraction of sp³-hybridized carbons (Fsp3) is 1.00. The maximum absolute atomic E-state index is 5.83. The quantitative estimate of drug-likeness (QED) is 0.239. The highest BCUT2D eigenvalue weighted by molar-refractivity contribution is 8.30. The summed E-state index contributed by atoms with van der Waals surface area (Å²) in [6.07, 6.45) is -1.91. The van der Waals surface area contributed by atoms with Crippen molar-refractivity contribution in [2.24, 2.45) is 22.0 Å². The predicted octanol–water partition coefficient (Wildman–Crippen LogP) is 1.51. The minimum Gasteiger partial charge on any atom is -0.290 e. The normalized spacial score (nSPS) is 14.1. The molecule has 0 bridgehead atoms. The van der Waals surface area contributed by atoms with E-state index in [2.05, 4.69) is 25.3 Å². The first-order chi connectivity index (χ1) is 7.06. The van der Waals surface area contributed by atoms with Crippen LogP contribution in [0.25, 0.3) is 0 Å². The van der Waals surface area contributed by atoms with Crippen molar-refractivity contribution in [3.63, 3.8) is 0 Å². The molecule has 0 aromatic rings. The SMILES string of the molecule is NP(N)(=S)C(S)(CCCCCS)P(N)(N)=S. The third-order valence-electron chi connectivity index (χ3n) is 2.29. The molecule has 0 aliphatic rings. The second kappa shape index (κ2) is 6.85. The summed E-state index contributed by atoms with van der Waals surface area (Å²) >= 11 is 18.8. The maximum atomic E-state index is 5.83. The van der Waals surface area contributed by atoms with Gasteiger partial charge in [-0.25, -0.2) is 0 Å². The van der Waals surface area contributed by atoms with Crippen LogP contribution in [0.5, 0.6) is 0 Å². The van der Waals surface area contributed by atoms with Crippen molar-refractivity contribution in [1.29, 1.82) is 0 Å². The molecule has 4 nitrogen and oxygen atoms in total. The van der Waals surface area contributed by atoms with Crippen LogP contribution in [0, 0.1) is 0 Å².